The van der Waals surface area contributed by atoms with Crippen molar-refractivity contribution in [1.82, 2.24) is 9.97 Å². The molecule has 0 saturated heterocycles. The van der Waals surface area contributed by atoms with E-state index in [1.807, 2.05) is 24.1 Å². The summed E-state index contributed by atoms with van der Waals surface area (Å²) in [6.07, 6.45) is 3.51. The van der Waals surface area contributed by atoms with Gasteiger partial charge in [0.1, 0.15) is 4.88 Å². The predicted molar refractivity (Wildman–Crippen MR) is 70.2 cm³/mol. The van der Waals surface area contributed by atoms with Gasteiger partial charge in [-0.3, -0.25) is 4.98 Å². The number of carbonyl (C=O) groups is 1. The summed E-state index contributed by atoms with van der Waals surface area (Å²) in [5.74, 6) is -0.925. The van der Waals surface area contributed by atoms with E-state index in [4.69, 9.17) is 5.11 Å². The number of rotatable bonds is 4. The van der Waals surface area contributed by atoms with Gasteiger partial charge in [0.2, 0.25) is 0 Å². The largest absolute Gasteiger partial charge is 0.477 e. The maximum Gasteiger partial charge on any atom is 0.347 e. The summed E-state index contributed by atoms with van der Waals surface area (Å²) in [6, 6.07) is 3.85. The minimum Gasteiger partial charge on any atom is -0.477 e. The van der Waals surface area contributed by atoms with Gasteiger partial charge >= 0.3 is 5.97 Å². The van der Waals surface area contributed by atoms with Crippen LogP contribution in [0.25, 0.3) is 0 Å². The van der Waals surface area contributed by atoms with Crippen molar-refractivity contribution in [3.8, 4) is 0 Å². The molecule has 0 saturated carbocycles. The van der Waals surface area contributed by atoms with Crippen LogP contribution in [0, 0.1) is 6.92 Å². The van der Waals surface area contributed by atoms with Gasteiger partial charge in [0.15, 0.2) is 5.13 Å². The summed E-state index contributed by atoms with van der Waals surface area (Å²) >= 11 is 1.19. The highest BCUT2D eigenvalue weighted by Gasteiger charge is 2.16. The van der Waals surface area contributed by atoms with E-state index >= 15 is 0 Å². The van der Waals surface area contributed by atoms with Crippen LogP contribution in [-0.4, -0.2) is 28.1 Å². The third kappa shape index (κ3) is 2.65. The molecular formula is C12H13N3O2S. The number of hydrogen-bond donors (Lipinski definition) is 1. The Bertz CT molecular complexity index is 554. The number of aromatic nitrogens is 2. The first-order valence-electron chi connectivity index (χ1n) is 5.38. The molecule has 0 unspecified atom stereocenters. The van der Waals surface area contributed by atoms with Gasteiger partial charge in [-0.05, 0) is 18.6 Å². The molecule has 5 nitrogen and oxygen atoms in total. The molecule has 0 atom stereocenters. The number of aromatic carboxylic acids is 1. The van der Waals surface area contributed by atoms with Gasteiger partial charge in [0.05, 0.1) is 5.69 Å². The quantitative estimate of drug-likeness (QED) is 0.915. The molecule has 0 aromatic carbocycles. The lowest BCUT2D eigenvalue weighted by atomic mass is 10.3. The topological polar surface area (TPSA) is 66.3 Å². The van der Waals surface area contributed by atoms with E-state index < -0.39 is 5.97 Å². The van der Waals surface area contributed by atoms with Crippen LogP contribution >= 0.6 is 11.3 Å². The summed E-state index contributed by atoms with van der Waals surface area (Å²) in [5, 5.41) is 9.69. The second-order valence-electron chi connectivity index (χ2n) is 3.93. The molecule has 2 aromatic rings. The molecule has 0 aliphatic carbocycles. The zero-order valence-corrected chi connectivity index (χ0v) is 10.9. The Balaban J connectivity index is 2.17. The maximum absolute atomic E-state index is 11.0. The molecule has 0 amide bonds. The van der Waals surface area contributed by atoms with Crippen LogP contribution in [-0.2, 0) is 6.54 Å². The number of nitrogens with zero attached hydrogens (tertiary/aromatic N) is 3. The standard InChI is InChI=1S/C12H13N3O2S/c1-8-10(11(16)17)18-12(14-8)15(2)7-9-4-3-5-13-6-9/h3-6H,7H2,1-2H3,(H,16,17). The fraction of sp³-hybridized carbons (Fsp3) is 0.250. The minimum atomic E-state index is -0.925. The van der Waals surface area contributed by atoms with E-state index in [2.05, 4.69) is 9.97 Å². The van der Waals surface area contributed by atoms with Gasteiger partial charge < -0.3 is 10.0 Å². The van der Waals surface area contributed by atoms with E-state index in [9.17, 15) is 4.79 Å². The predicted octanol–water partition coefficient (Wildman–Crippen LogP) is 2.18. The van der Waals surface area contributed by atoms with Crippen molar-refractivity contribution in [1.29, 1.82) is 0 Å². The lowest BCUT2D eigenvalue weighted by Crippen LogP contribution is -2.16. The van der Waals surface area contributed by atoms with Crippen LogP contribution in [0.3, 0.4) is 0 Å². The SMILES string of the molecule is Cc1nc(N(C)Cc2cccnc2)sc1C(=O)O. The van der Waals surface area contributed by atoms with Crippen molar-refractivity contribution in [3.63, 3.8) is 0 Å². The lowest BCUT2D eigenvalue weighted by Gasteiger charge is -2.15. The molecule has 0 aliphatic heterocycles. The van der Waals surface area contributed by atoms with Crippen LogP contribution < -0.4 is 4.90 Å². The Morgan fingerprint density at radius 2 is 2.33 bits per heavy atom. The normalized spacial score (nSPS) is 10.3. The summed E-state index contributed by atoms with van der Waals surface area (Å²) in [7, 11) is 1.89. The Kier molecular flexibility index (Phi) is 3.57. The van der Waals surface area contributed by atoms with Gasteiger partial charge in [0.25, 0.3) is 0 Å². The highest BCUT2D eigenvalue weighted by Crippen LogP contribution is 2.26. The average Bonchev–Trinajstić information content (AvgIpc) is 2.73. The molecule has 0 spiro atoms. The minimum absolute atomic E-state index is 0.294. The molecule has 0 aliphatic rings. The first-order chi connectivity index (χ1) is 8.58. The first kappa shape index (κ1) is 12.5. The maximum atomic E-state index is 11.0. The molecule has 2 rings (SSSR count). The molecule has 0 bridgehead atoms. The molecule has 6 heteroatoms. The second-order valence-corrected chi connectivity index (χ2v) is 4.91. The number of thiazole rings is 1. The second kappa shape index (κ2) is 5.14. The number of pyridine rings is 1. The van der Waals surface area contributed by atoms with Crippen LogP contribution in [0.2, 0.25) is 0 Å². The van der Waals surface area contributed by atoms with Crippen molar-refractivity contribution in [2.75, 3.05) is 11.9 Å². The molecule has 18 heavy (non-hydrogen) atoms. The van der Waals surface area contributed by atoms with Crippen LogP contribution in [0.5, 0.6) is 0 Å². The molecular weight excluding hydrogens is 250 g/mol. The third-order valence-corrected chi connectivity index (χ3v) is 3.71. The molecule has 2 heterocycles. The van der Waals surface area contributed by atoms with Crippen molar-refractivity contribution in [2.24, 2.45) is 0 Å². The smallest absolute Gasteiger partial charge is 0.347 e. The first-order valence-corrected chi connectivity index (χ1v) is 6.20. The lowest BCUT2D eigenvalue weighted by molar-refractivity contribution is 0.0701. The average molecular weight is 263 g/mol. The molecule has 0 fully saturated rings. The summed E-state index contributed by atoms with van der Waals surface area (Å²) in [6.45, 7) is 2.36. The van der Waals surface area contributed by atoms with Gasteiger partial charge in [0, 0.05) is 26.0 Å². The van der Waals surface area contributed by atoms with E-state index in [0.717, 1.165) is 5.56 Å². The zero-order valence-electron chi connectivity index (χ0n) is 10.1. The van der Waals surface area contributed by atoms with Crippen molar-refractivity contribution < 1.29 is 9.90 Å². The summed E-state index contributed by atoms with van der Waals surface area (Å²) < 4.78 is 0. The van der Waals surface area contributed by atoms with Crippen LogP contribution in [0.15, 0.2) is 24.5 Å². The van der Waals surface area contributed by atoms with Crippen molar-refractivity contribution in [3.05, 3.63) is 40.7 Å². The fourth-order valence-electron chi connectivity index (χ4n) is 1.58. The number of carboxylic acid groups (broad SMARTS) is 1. The Labute approximate surface area is 109 Å². The highest BCUT2D eigenvalue weighted by atomic mass is 32.1. The Morgan fingerprint density at radius 3 is 2.89 bits per heavy atom. The van der Waals surface area contributed by atoms with Gasteiger partial charge in [-0.1, -0.05) is 17.4 Å². The van der Waals surface area contributed by atoms with Gasteiger partial charge in [-0.2, -0.15) is 0 Å². The van der Waals surface area contributed by atoms with E-state index in [0.29, 0.717) is 22.2 Å². The number of aryl methyl sites for hydroxylation is 1. The molecule has 94 valence electrons. The monoisotopic (exact) mass is 263 g/mol. The molecule has 2 aromatic heterocycles. The highest BCUT2D eigenvalue weighted by molar-refractivity contribution is 7.17. The third-order valence-electron chi connectivity index (χ3n) is 2.45. The summed E-state index contributed by atoms with van der Waals surface area (Å²) in [5.41, 5.74) is 1.62. The van der Waals surface area contributed by atoms with Crippen LogP contribution in [0.4, 0.5) is 5.13 Å². The van der Waals surface area contributed by atoms with E-state index in [1.54, 1.807) is 19.3 Å². The number of anilines is 1. The van der Waals surface area contributed by atoms with Crippen molar-refractivity contribution >= 4 is 22.4 Å². The number of hydrogen-bond acceptors (Lipinski definition) is 5. The van der Waals surface area contributed by atoms with Crippen molar-refractivity contribution in [2.45, 2.75) is 13.5 Å². The Morgan fingerprint density at radius 1 is 1.56 bits per heavy atom. The van der Waals surface area contributed by atoms with E-state index in [1.165, 1.54) is 11.3 Å². The molecule has 0 radical (unpaired) electrons. The Hall–Kier alpha value is -1.95. The fourth-order valence-corrected chi connectivity index (χ4v) is 2.44. The summed E-state index contributed by atoms with van der Waals surface area (Å²) in [4.78, 5) is 21.5. The number of carboxylic acids is 1. The molecule has 1 N–H and O–H groups in total. The zero-order chi connectivity index (χ0) is 13.1. The van der Waals surface area contributed by atoms with Crippen LogP contribution in [0.1, 0.15) is 20.9 Å². The van der Waals surface area contributed by atoms with Gasteiger partial charge in [-0.15, -0.1) is 0 Å². The van der Waals surface area contributed by atoms with Gasteiger partial charge in [-0.25, -0.2) is 9.78 Å². The van der Waals surface area contributed by atoms with E-state index in [-0.39, 0.29) is 0 Å².